The number of nitrogens with one attached hydrogen (secondary N) is 2. The summed E-state index contributed by atoms with van der Waals surface area (Å²) in [6.07, 6.45) is 0. The number of amides is 1. The van der Waals surface area contributed by atoms with Gasteiger partial charge in [0, 0.05) is 15.8 Å². The van der Waals surface area contributed by atoms with Crippen LogP contribution in [0.3, 0.4) is 0 Å². The summed E-state index contributed by atoms with van der Waals surface area (Å²) in [5.74, 6) is 0.137. The van der Waals surface area contributed by atoms with Gasteiger partial charge in [0.1, 0.15) is 0 Å². The molecule has 1 amide bonds. The Kier molecular flexibility index (Phi) is 5.02. The normalized spacial score (nSPS) is 9.92. The third kappa shape index (κ3) is 4.40. The minimum Gasteiger partial charge on any atom is -0.339 e. The number of nitrogens with zero attached hydrogens (tertiary/aromatic N) is 3. The van der Waals surface area contributed by atoms with Gasteiger partial charge in [-0.15, -0.1) is 10.2 Å². The first-order valence-corrected chi connectivity index (χ1v) is 8.11. The predicted octanol–water partition coefficient (Wildman–Crippen LogP) is 4.11. The largest absolute Gasteiger partial charge is 0.339 e. The van der Waals surface area contributed by atoms with Crippen molar-refractivity contribution in [2.75, 3.05) is 10.6 Å². The number of hydrogen-bond acceptors (Lipinski definition) is 5. The van der Waals surface area contributed by atoms with Crippen LogP contribution in [0.25, 0.3) is 0 Å². The van der Waals surface area contributed by atoms with E-state index in [9.17, 15) is 4.79 Å². The molecule has 0 spiro atoms. The highest BCUT2D eigenvalue weighted by molar-refractivity contribution is 9.10. The van der Waals surface area contributed by atoms with E-state index in [2.05, 4.69) is 36.8 Å². The molecule has 0 atom stereocenters. The smallest absolute Gasteiger partial charge is 0.276 e. The first kappa shape index (κ1) is 16.6. The molecule has 0 saturated heterocycles. The van der Waals surface area contributed by atoms with Gasteiger partial charge in [0.25, 0.3) is 5.91 Å². The molecule has 0 unspecified atom stereocenters. The molecule has 0 aliphatic rings. The molecule has 0 radical (unpaired) electrons. The van der Waals surface area contributed by atoms with Crippen LogP contribution in [0, 0.1) is 11.3 Å². The zero-order chi connectivity index (χ0) is 17.6. The van der Waals surface area contributed by atoms with Crippen molar-refractivity contribution in [1.29, 1.82) is 5.26 Å². The summed E-state index contributed by atoms with van der Waals surface area (Å²) in [7, 11) is 0. The number of halogens is 1. The maximum Gasteiger partial charge on any atom is 0.276 e. The summed E-state index contributed by atoms with van der Waals surface area (Å²) in [5.41, 5.74) is 2.04. The topological polar surface area (TPSA) is 90.7 Å². The first-order chi connectivity index (χ1) is 12.1. The van der Waals surface area contributed by atoms with E-state index in [4.69, 9.17) is 5.26 Å². The molecule has 1 aromatic heterocycles. The highest BCUT2D eigenvalue weighted by Gasteiger charge is 2.09. The average molecular weight is 394 g/mol. The standard InChI is InChI=1S/C18H12BrN5O/c19-13-4-2-6-15(10-13)21-17-8-7-16(23-24-17)18(25)22-14-5-1-3-12(9-14)11-20/h1-10H,(H,21,24)(H,22,25). The number of benzene rings is 2. The Morgan fingerprint density at radius 3 is 2.52 bits per heavy atom. The molecule has 25 heavy (non-hydrogen) atoms. The third-order valence-corrected chi connectivity index (χ3v) is 3.74. The number of carbonyl (C=O) groups is 1. The highest BCUT2D eigenvalue weighted by atomic mass is 79.9. The van der Waals surface area contributed by atoms with E-state index < -0.39 is 5.91 Å². The molecule has 0 aliphatic carbocycles. The fourth-order valence-electron chi connectivity index (χ4n) is 2.10. The zero-order valence-corrected chi connectivity index (χ0v) is 14.5. The van der Waals surface area contributed by atoms with Crippen molar-refractivity contribution in [2.45, 2.75) is 0 Å². The van der Waals surface area contributed by atoms with E-state index >= 15 is 0 Å². The molecule has 0 saturated carbocycles. The summed E-state index contributed by atoms with van der Waals surface area (Å²) in [6.45, 7) is 0. The molecular formula is C18H12BrN5O. The van der Waals surface area contributed by atoms with Gasteiger partial charge in [-0.05, 0) is 48.5 Å². The lowest BCUT2D eigenvalue weighted by atomic mass is 10.2. The monoisotopic (exact) mass is 393 g/mol. The van der Waals surface area contributed by atoms with Crippen LogP contribution in [-0.2, 0) is 0 Å². The van der Waals surface area contributed by atoms with Crippen molar-refractivity contribution < 1.29 is 4.79 Å². The Morgan fingerprint density at radius 1 is 1.00 bits per heavy atom. The molecule has 0 fully saturated rings. The molecule has 7 heteroatoms. The van der Waals surface area contributed by atoms with Crippen molar-refractivity contribution in [1.82, 2.24) is 10.2 Å². The van der Waals surface area contributed by atoms with Gasteiger partial charge >= 0.3 is 0 Å². The van der Waals surface area contributed by atoms with Crippen LogP contribution >= 0.6 is 15.9 Å². The quantitative estimate of drug-likeness (QED) is 0.695. The molecular weight excluding hydrogens is 382 g/mol. The van der Waals surface area contributed by atoms with E-state index in [0.717, 1.165) is 10.2 Å². The van der Waals surface area contributed by atoms with Gasteiger partial charge < -0.3 is 10.6 Å². The van der Waals surface area contributed by atoms with Crippen LogP contribution < -0.4 is 10.6 Å². The molecule has 2 N–H and O–H groups in total. The molecule has 2 aromatic carbocycles. The maximum absolute atomic E-state index is 12.2. The molecule has 3 rings (SSSR count). The van der Waals surface area contributed by atoms with Crippen LogP contribution in [-0.4, -0.2) is 16.1 Å². The minimum absolute atomic E-state index is 0.183. The van der Waals surface area contributed by atoms with E-state index in [1.807, 2.05) is 30.3 Å². The number of aromatic nitrogens is 2. The first-order valence-electron chi connectivity index (χ1n) is 7.32. The Morgan fingerprint density at radius 2 is 1.80 bits per heavy atom. The molecule has 6 nitrogen and oxygen atoms in total. The SMILES string of the molecule is N#Cc1cccc(NC(=O)c2ccc(Nc3cccc(Br)c3)nn2)c1. The lowest BCUT2D eigenvalue weighted by molar-refractivity contribution is 0.102. The maximum atomic E-state index is 12.2. The summed E-state index contributed by atoms with van der Waals surface area (Å²) in [6, 6.07) is 19.6. The van der Waals surface area contributed by atoms with Crippen molar-refractivity contribution in [3.05, 3.63) is 76.4 Å². The van der Waals surface area contributed by atoms with Crippen LogP contribution in [0.1, 0.15) is 16.1 Å². The number of rotatable bonds is 4. The summed E-state index contributed by atoms with van der Waals surface area (Å²) >= 11 is 3.40. The molecule has 122 valence electrons. The predicted molar refractivity (Wildman–Crippen MR) is 98.6 cm³/mol. The molecule has 1 heterocycles. The summed E-state index contributed by atoms with van der Waals surface area (Å²) in [4.78, 5) is 12.2. The number of nitriles is 1. The molecule has 3 aromatic rings. The fraction of sp³-hybridized carbons (Fsp3) is 0. The van der Waals surface area contributed by atoms with Gasteiger partial charge in [-0.25, -0.2) is 0 Å². The number of hydrogen-bond donors (Lipinski definition) is 2. The Labute approximate surface area is 152 Å². The van der Waals surface area contributed by atoms with E-state index in [-0.39, 0.29) is 5.69 Å². The Hall–Kier alpha value is -3.24. The highest BCUT2D eigenvalue weighted by Crippen LogP contribution is 2.19. The second-order valence-electron chi connectivity index (χ2n) is 5.09. The summed E-state index contributed by atoms with van der Waals surface area (Å²) < 4.78 is 0.945. The van der Waals surface area contributed by atoms with Gasteiger partial charge in [-0.1, -0.05) is 28.1 Å². The second-order valence-corrected chi connectivity index (χ2v) is 6.00. The fourth-order valence-corrected chi connectivity index (χ4v) is 2.50. The second kappa shape index (κ2) is 7.55. The Balaban J connectivity index is 1.69. The van der Waals surface area contributed by atoms with Crippen LogP contribution in [0.5, 0.6) is 0 Å². The Bertz CT molecular complexity index is 950. The molecule has 0 aliphatic heterocycles. The van der Waals surface area contributed by atoms with Crippen LogP contribution in [0.2, 0.25) is 0 Å². The van der Waals surface area contributed by atoms with E-state index in [0.29, 0.717) is 17.1 Å². The lowest BCUT2D eigenvalue weighted by Gasteiger charge is -2.07. The van der Waals surface area contributed by atoms with Gasteiger partial charge in [0.2, 0.25) is 0 Å². The van der Waals surface area contributed by atoms with Gasteiger partial charge in [0.05, 0.1) is 11.6 Å². The summed E-state index contributed by atoms with van der Waals surface area (Å²) in [5, 5.41) is 22.6. The van der Waals surface area contributed by atoms with Crippen molar-refractivity contribution in [3.8, 4) is 6.07 Å². The van der Waals surface area contributed by atoms with Crippen molar-refractivity contribution >= 4 is 39.0 Å². The number of carbonyl (C=O) groups excluding carboxylic acids is 1. The number of anilines is 3. The van der Waals surface area contributed by atoms with Gasteiger partial charge in [-0.3, -0.25) is 4.79 Å². The van der Waals surface area contributed by atoms with Gasteiger partial charge in [-0.2, -0.15) is 5.26 Å². The minimum atomic E-state index is -0.392. The van der Waals surface area contributed by atoms with E-state index in [1.54, 1.807) is 36.4 Å². The lowest BCUT2D eigenvalue weighted by Crippen LogP contribution is -2.14. The van der Waals surface area contributed by atoms with Crippen LogP contribution in [0.15, 0.2) is 65.1 Å². The van der Waals surface area contributed by atoms with Crippen molar-refractivity contribution in [2.24, 2.45) is 0 Å². The zero-order valence-electron chi connectivity index (χ0n) is 12.9. The van der Waals surface area contributed by atoms with Gasteiger partial charge in [0.15, 0.2) is 11.5 Å². The van der Waals surface area contributed by atoms with E-state index in [1.165, 1.54) is 0 Å². The van der Waals surface area contributed by atoms with Crippen molar-refractivity contribution in [3.63, 3.8) is 0 Å². The average Bonchev–Trinajstić information content (AvgIpc) is 2.62. The third-order valence-electron chi connectivity index (χ3n) is 3.24. The van der Waals surface area contributed by atoms with Crippen LogP contribution in [0.4, 0.5) is 17.2 Å². The molecule has 0 bridgehead atoms.